The van der Waals surface area contributed by atoms with Gasteiger partial charge in [0.15, 0.2) is 11.1 Å². The lowest BCUT2D eigenvalue weighted by atomic mass is 10.3. The molecular weight excluding hydrogens is 270 g/mol. The Labute approximate surface area is 123 Å². The maximum Gasteiger partial charge on any atom is 0.183 e. The molecule has 0 aliphatic heterocycles. The van der Waals surface area contributed by atoms with Gasteiger partial charge < -0.3 is 22.1 Å². The molecule has 0 bridgehead atoms. The number of para-hydroxylation sites is 2. The molecule has 0 saturated heterocycles. The summed E-state index contributed by atoms with van der Waals surface area (Å²) in [6.45, 7) is 0. The summed E-state index contributed by atoms with van der Waals surface area (Å²) in [6, 6.07) is 19.7. The van der Waals surface area contributed by atoms with Crippen molar-refractivity contribution in [3.63, 3.8) is 0 Å². The van der Waals surface area contributed by atoms with Crippen molar-refractivity contribution in [1.82, 2.24) is 0 Å². The number of nitrogens with one attached hydrogen (secondary N) is 3. The Bertz CT molecular complexity index is 495. The summed E-state index contributed by atoms with van der Waals surface area (Å²) >= 11 is 5.20. The van der Waals surface area contributed by atoms with Crippen LogP contribution >= 0.6 is 12.2 Å². The summed E-state index contributed by atoms with van der Waals surface area (Å²) < 4.78 is 0. The van der Waals surface area contributed by atoms with Crippen molar-refractivity contribution in [3.8, 4) is 0 Å². The van der Waals surface area contributed by atoms with Gasteiger partial charge in [0.1, 0.15) is 0 Å². The molecule has 0 spiro atoms. The topological polar surface area (TPSA) is 100.0 Å². The molecule has 0 aliphatic rings. The number of hydrogen-bond acceptors (Lipinski definition) is 2. The Morgan fingerprint density at radius 1 is 0.800 bits per heavy atom. The minimum Gasteiger partial charge on any atom is -0.370 e. The third-order valence-electron chi connectivity index (χ3n) is 2.06. The molecule has 0 radical (unpaired) electrons. The van der Waals surface area contributed by atoms with Crippen LogP contribution in [0.2, 0.25) is 0 Å². The van der Waals surface area contributed by atoms with E-state index in [0.717, 1.165) is 11.4 Å². The van der Waals surface area contributed by atoms with Gasteiger partial charge in [0, 0.05) is 11.4 Å². The molecule has 2 aromatic rings. The molecule has 104 valence electrons. The minimum atomic E-state index is -0.333. The van der Waals surface area contributed by atoms with Crippen molar-refractivity contribution < 1.29 is 0 Å². The third-order valence-corrected chi connectivity index (χ3v) is 2.27. The molecule has 0 atom stereocenters. The first-order valence-corrected chi connectivity index (χ1v) is 6.26. The molecule has 0 saturated carbocycles. The van der Waals surface area contributed by atoms with Crippen LogP contribution in [-0.4, -0.2) is 11.1 Å². The van der Waals surface area contributed by atoms with E-state index in [-0.39, 0.29) is 5.96 Å². The number of nitrogens with two attached hydrogens (primary N) is 2. The zero-order valence-corrected chi connectivity index (χ0v) is 11.7. The normalized spacial score (nSPS) is 8.80. The number of thiocarbonyl (C=S) groups is 1. The van der Waals surface area contributed by atoms with Crippen LogP contribution in [0.1, 0.15) is 0 Å². The summed E-state index contributed by atoms with van der Waals surface area (Å²) in [5, 5.41) is 12.9. The Hall–Kier alpha value is -2.60. The van der Waals surface area contributed by atoms with E-state index < -0.39 is 0 Å². The van der Waals surface area contributed by atoms with Crippen LogP contribution in [0.25, 0.3) is 0 Å². The second-order valence-corrected chi connectivity index (χ2v) is 4.17. The molecule has 20 heavy (non-hydrogen) atoms. The Morgan fingerprint density at radius 2 is 1.10 bits per heavy atom. The molecule has 0 aliphatic carbocycles. The average molecular weight is 287 g/mol. The lowest BCUT2D eigenvalue weighted by Gasteiger charge is -2.09. The monoisotopic (exact) mass is 287 g/mol. The van der Waals surface area contributed by atoms with E-state index in [1.807, 2.05) is 60.7 Å². The molecule has 0 fully saturated rings. The largest absolute Gasteiger partial charge is 0.370 e. The highest BCUT2D eigenvalue weighted by Gasteiger charge is 1.96. The van der Waals surface area contributed by atoms with Crippen molar-refractivity contribution in [1.29, 1.82) is 5.41 Å². The lowest BCUT2D eigenvalue weighted by molar-refractivity contribution is 1.39. The van der Waals surface area contributed by atoms with Crippen LogP contribution in [0.3, 0.4) is 0 Å². The second-order valence-electron chi connectivity index (χ2n) is 3.77. The van der Waals surface area contributed by atoms with Crippen molar-refractivity contribution in [3.05, 3.63) is 60.7 Å². The number of anilines is 2. The number of hydrogen-bond donors (Lipinski definition) is 5. The van der Waals surface area contributed by atoms with Crippen LogP contribution in [0, 0.1) is 5.41 Å². The summed E-state index contributed by atoms with van der Waals surface area (Å²) in [5.41, 5.74) is 10.9. The highest BCUT2D eigenvalue weighted by Crippen LogP contribution is 2.08. The van der Waals surface area contributed by atoms with E-state index in [1.165, 1.54) is 0 Å². The third kappa shape index (κ3) is 6.97. The number of benzene rings is 2. The van der Waals surface area contributed by atoms with Crippen LogP contribution < -0.4 is 22.1 Å². The fourth-order valence-electron chi connectivity index (χ4n) is 1.34. The zero-order valence-electron chi connectivity index (χ0n) is 10.8. The maximum atomic E-state index is 6.06. The molecule has 0 amide bonds. The fraction of sp³-hybridized carbons (Fsp3) is 0. The molecule has 0 unspecified atom stereocenters. The Balaban J connectivity index is 0.000000444. The van der Waals surface area contributed by atoms with Crippen LogP contribution in [0.5, 0.6) is 0 Å². The summed E-state index contributed by atoms with van der Waals surface area (Å²) in [5.74, 6) is -0.333. The van der Waals surface area contributed by atoms with Gasteiger partial charge in [-0.1, -0.05) is 36.4 Å². The summed E-state index contributed by atoms with van der Waals surface area (Å²) in [7, 11) is 0. The van der Waals surface area contributed by atoms with Crippen molar-refractivity contribution in [2.75, 3.05) is 10.6 Å². The van der Waals surface area contributed by atoms with Gasteiger partial charge in [0.25, 0.3) is 0 Å². The molecule has 7 N–H and O–H groups in total. The van der Waals surface area contributed by atoms with E-state index in [9.17, 15) is 0 Å². The van der Waals surface area contributed by atoms with Crippen LogP contribution in [0.4, 0.5) is 11.4 Å². The number of rotatable bonds is 2. The van der Waals surface area contributed by atoms with E-state index >= 15 is 0 Å². The van der Waals surface area contributed by atoms with Crippen molar-refractivity contribution in [2.24, 2.45) is 11.5 Å². The highest BCUT2D eigenvalue weighted by molar-refractivity contribution is 7.80. The molecule has 5 nitrogen and oxygen atoms in total. The molecule has 2 rings (SSSR count). The van der Waals surface area contributed by atoms with Crippen molar-refractivity contribution in [2.45, 2.75) is 0 Å². The smallest absolute Gasteiger partial charge is 0.183 e. The average Bonchev–Trinajstić information content (AvgIpc) is 2.40. The standard InChI is InChI=1S/C13H12N2S.CH5N3/c16-13(14-11-7-3-1-4-8-11)15-12-9-5-2-6-10-12;2-1(3)4/h1-10H,(H2,14,15,16);(H5,2,3,4). The molecular formula is C14H17N5S. The van der Waals surface area contributed by atoms with E-state index in [2.05, 4.69) is 22.1 Å². The lowest BCUT2D eigenvalue weighted by Crippen LogP contribution is -2.20. The fourth-order valence-corrected chi connectivity index (χ4v) is 1.57. The van der Waals surface area contributed by atoms with Gasteiger partial charge >= 0.3 is 0 Å². The predicted molar refractivity (Wildman–Crippen MR) is 88.8 cm³/mol. The van der Waals surface area contributed by atoms with Gasteiger partial charge in [-0.05, 0) is 36.5 Å². The predicted octanol–water partition coefficient (Wildman–Crippen LogP) is 2.33. The van der Waals surface area contributed by atoms with Gasteiger partial charge in [0.2, 0.25) is 0 Å². The molecule has 0 aromatic heterocycles. The molecule has 6 heteroatoms. The second kappa shape index (κ2) is 8.49. The first-order valence-electron chi connectivity index (χ1n) is 5.85. The zero-order chi connectivity index (χ0) is 14.8. The maximum absolute atomic E-state index is 6.06. The van der Waals surface area contributed by atoms with Crippen LogP contribution in [-0.2, 0) is 0 Å². The molecule has 0 heterocycles. The van der Waals surface area contributed by atoms with Gasteiger partial charge in [-0.3, -0.25) is 5.41 Å². The minimum absolute atomic E-state index is 0.333. The van der Waals surface area contributed by atoms with E-state index in [0.29, 0.717) is 5.11 Å². The highest BCUT2D eigenvalue weighted by atomic mass is 32.1. The summed E-state index contributed by atoms with van der Waals surface area (Å²) in [6.07, 6.45) is 0. The van der Waals surface area contributed by atoms with Gasteiger partial charge in [-0.15, -0.1) is 0 Å². The Kier molecular flexibility index (Phi) is 6.56. The first-order chi connectivity index (χ1) is 9.58. The van der Waals surface area contributed by atoms with Crippen molar-refractivity contribution >= 4 is 34.7 Å². The van der Waals surface area contributed by atoms with E-state index in [4.69, 9.17) is 17.6 Å². The first kappa shape index (κ1) is 15.5. The van der Waals surface area contributed by atoms with Gasteiger partial charge in [-0.2, -0.15) is 0 Å². The number of guanidine groups is 1. The quantitative estimate of drug-likeness (QED) is 0.332. The SMILES string of the molecule is N=C(N)N.S=C(Nc1ccccc1)Nc1ccccc1. The van der Waals surface area contributed by atoms with E-state index in [1.54, 1.807) is 0 Å². The molecule has 2 aromatic carbocycles. The Morgan fingerprint density at radius 3 is 1.40 bits per heavy atom. The summed E-state index contributed by atoms with van der Waals surface area (Å²) in [4.78, 5) is 0. The van der Waals surface area contributed by atoms with Gasteiger partial charge in [-0.25, -0.2) is 0 Å². The van der Waals surface area contributed by atoms with Crippen LogP contribution in [0.15, 0.2) is 60.7 Å². The van der Waals surface area contributed by atoms with Gasteiger partial charge in [0.05, 0.1) is 0 Å².